The fourth-order valence-corrected chi connectivity index (χ4v) is 1.97. The van der Waals surface area contributed by atoms with Crippen molar-refractivity contribution in [2.75, 3.05) is 6.61 Å². The van der Waals surface area contributed by atoms with E-state index in [2.05, 4.69) is 10.3 Å². The lowest BCUT2D eigenvalue weighted by Gasteiger charge is -2.09. The Hall–Kier alpha value is -2.37. The molecule has 1 amide bonds. The fraction of sp³-hybridized carbons (Fsp3) is 0.250. The van der Waals surface area contributed by atoms with Crippen LogP contribution in [-0.2, 0) is 9.53 Å². The molecule has 6 heteroatoms. The van der Waals surface area contributed by atoms with Gasteiger partial charge in [0.2, 0.25) is 0 Å². The van der Waals surface area contributed by atoms with Crippen molar-refractivity contribution in [3.05, 3.63) is 30.6 Å². The third-order valence-corrected chi connectivity index (χ3v) is 2.91. The van der Waals surface area contributed by atoms with Crippen LogP contribution in [0.1, 0.15) is 6.42 Å². The van der Waals surface area contributed by atoms with Gasteiger partial charge in [0.25, 0.3) is 0 Å². The van der Waals surface area contributed by atoms with E-state index in [1.807, 2.05) is 18.2 Å². The minimum atomic E-state index is -0.557. The number of imidazole rings is 1. The molecule has 1 aliphatic heterocycles. The van der Waals surface area contributed by atoms with Crippen LogP contribution in [0.15, 0.2) is 30.6 Å². The van der Waals surface area contributed by atoms with Crippen molar-refractivity contribution in [1.29, 1.82) is 0 Å². The van der Waals surface area contributed by atoms with E-state index < -0.39 is 6.04 Å². The lowest BCUT2D eigenvalue weighted by molar-refractivity contribution is -0.139. The number of aromatic nitrogens is 2. The average Bonchev–Trinajstić information content (AvgIpc) is 2.96. The number of carbonyl (C=O) groups is 2. The van der Waals surface area contributed by atoms with Crippen molar-refractivity contribution in [1.82, 2.24) is 14.9 Å². The highest BCUT2D eigenvalue weighted by Crippen LogP contribution is 2.12. The van der Waals surface area contributed by atoms with Gasteiger partial charge in [-0.1, -0.05) is 12.1 Å². The summed E-state index contributed by atoms with van der Waals surface area (Å²) in [6, 6.07) is 6.38. The number of nitrogens with zero attached hydrogens (tertiary/aromatic N) is 2. The lowest BCUT2D eigenvalue weighted by Crippen LogP contribution is -2.40. The molecule has 92 valence electrons. The number of nitrogens with one attached hydrogen (secondary N) is 1. The largest absolute Gasteiger partial charge is 0.464 e. The summed E-state index contributed by atoms with van der Waals surface area (Å²) in [6.07, 6.45) is 1.96. The van der Waals surface area contributed by atoms with Gasteiger partial charge in [0, 0.05) is 6.42 Å². The summed E-state index contributed by atoms with van der Waals surface area (Å²) in [5.74, 6) is -0.382. The molecule has 6 nitrogen and oxygen atoms in total. The van der Waals surface area contributed by atoms with Crippen molar-refractivity contribution in [3.63, 3.8) is 0 Å². The highest BCUT2D eigenvalue weighted by Gasteiger charge is 2.28. The van der Waals surface area contributed by atoms with E-state index >= 15 is 0 Å². The number of para-hydroxylation sites is 2. The fourth-order valence-electron chi connectivity index (χ4n) is 1.97. The minimum absolute atomic E-state index is 0.356. The van der Waals surface area contributed by atoms with E-state index in [9.17, 15) is 9.59 Å². The second kappa shape index (κ2) is 4.14. The van der Waals surface area contributed by atoms with Gasteiger partial charge in [0.1, 0.15) is 12.4 Å². The molecule has 0 bridgehead atoms. The molecule has 18 heavy (non-hydrogen) atoms. The monoisotopic (exact) mass is 245 g/mol. The molecule has 1 aliphatic rings. The molecule has 0 spiro atoms. The smallest absolute Gasteiger partial charge is 0.328 e. The maximum Gasteiger partial charge on any atom is 0.328 e. The summed E-state index contributed by atoms with van der Waals surface area (Å²) in [7, 11) is 0. The van der Waals surface area contributed by atoms with Crippen molar-refractivity contribution >= 4 is 23.0 Å². The van der Waals surface area contributed by atoms with Crippen LogP contribution in [0.3, 0.4) is 0 Å². The van der Waals surface area contributed by atoms with Gasteiger partial charge in [-0.2, -0.15) is 0 Å². The third kappa shape index (κ3) is 1.71. The van der Waals surface area contributed by atoms with Gasteiger partial charge < -0.3 is 10.1 Å². The summed E-state index contributed by atoms with van der Waals surface area (Å²) >= 11 is 0. The Labute approximate surface area is 103 Å². The number of cyclic esters (lactones) is 1. The first-order valence-corrected chi connectivity index (χ1v) is 5.65. The normalized spacial score (nSPS) is 18.9. The summed E-state index contributed by atoms with van der Waals surface area (Å²) in [4.78, 5) is 27.4. The lowest BCUT2D eigenvalue weighted by atomic mass is 10.2. The van der Waals surface area contributed by atoms with Crippen molar-refractivity contribution in [3.8, 4) is 0 Å². The highest BCUT2D eigenvalue weighted by molar-refractivity contribution is 5.91. The zero-order chi connectivity index (χ0) is 12.5. The Balaban J connectivity index is 1.86. The van der Waals surface area contributed by atoms with Crippen LogP contribution in [-0.4, -0.2) is 34.2 Å². The van der Waals surface area contributed by atoms with Crippen LogP contribution in [0.5, 0.6) is 0 Å². The summed E-state index contributed by atoms with van der Waals surface area (Å²) in [5, 5.41) is 2.63. The minimum Gasteiger partial charge on any atom is -0.464 e. The third-order valence-electron chi connectivity index (χ3n) is 2.91. The Bertz CT molecular complexity index is 620. The Kier molecular flexibility index (Phi) is 2.47. The number of benzene rings is 1. The maximum atomic E-state index is 12.0. The van der Waals surface area contributed by atoms with Crippen LogP contribution in [0.4, 0.5) is 4.79 Å². The molecule has 0 unspecified atom stereocenters. The van der Waals surface area contributed by atoms with Gasteiger partial charge in [0.15, 0.2) is 0 Å². The van der Waals surface area contributed by atoms with Crippen molar-refractivity contribution in [2.24, 2.45) is 0 Å². The SMILES string of the molecule is O=C1OCC[C@H]1NC(=O)n1cnc2ccccc21. The molecule has 1 aromatic carbocycles. The zero-order valence-electron chi connectivity index (χ0n) is 9.50. The number of fused-ring (bicyclic) bond motifs is 1. The second-order valence-corrected chi connectivity index (χ2v) is 4.06. The predicted molar refractivity (Wildman–Crippen MR) is 63.0 cm³/mol. The summed E-state index contributed by atoms with van der Waals surface area (Å²) < 4.78 is 6.18. The van der Waals surface area contributed by atoms with Crippen molar-refractivity contribution in [2.45, 2.75) is 12.5 Å². The molecule has 0 saturated carbocycles. The van der Waals surface area contributed by atoms with Crippen molar-refractivity contribution < 1.29 is 14.3 Å². The van der Waals surface area contributed by atoms with Gasteiger partial charge >= 0.3 is 12.0 Å². The van der Waals surface area contributed by atoms with E-state index in [0.29, 0.717) is 18.5 Å². The molecule has 1 N–H and O–H groups in total. The van der Waals surface area contributed by atoms with E-state index in [0.717, 1.165) is 5.52 Å². The number of ether oxygens (including phenoxy) is 1. The molecule has 1 fully saturated rings. The topological polar surface area (TPSA) is 73.2 Å². The first kappa shape index (κ1) is 10.8. The van der Waals surface area contributed by atoms with Gasteiger partial charge in [-0.3, -0.25) is 4.57 Å². The Morgan fingerprint density at radius 3 is 3.06 bits per heavy atom. The van der Waals surface area contributed by atoms with E-state index in [1.54, 1.807) is 6.07 Å². The first-order valence-electron chi connectivity index (χ1n) is 5.65. The van der Waals surface area contributed by atoms with Crippen LogP contribution >= 0.6 is 0 Å². The maximum absolute atomic E-state index is 12.0. The molecule has 2 heterocycles. The molecule has 1 atom stereocenters. The quantitative estimate of drug-likeness (QED) is 0.758. The number of amides is 1. The molecular weight excluding hydrogens is 234 g/mol. The Morgan fingerprint density at radius 1 is 1.44 bits per heavy atom. The summed E-state index contributed by atoms with van der Waals surface area (Å²) in [5.41, 5.74) is 1.45. The molecule has 1 aromatic heterocycles. The molecular formula is C12H11N3O3. The Morgan fingerprint density at radius 2 is 2.28 bits per heavy atom. The first-order chi connectivity index (χ1) is 8.75. The van der Waals surface area contributed by atoms with Gasteiger partial charge in [0.05, 0.1) is 17.6 Å². The molecule has 0 radical (unpaired) electrons. The second-order valence-electron chi connectivity index (χ2n) is 4.06. The standard InChI is InChI=1S/C12H11N3O3/c16-11-9(5-6-18-11)14-12(17)15-7-13-8-3-1-2-4-10(8)15/h1-4,7,9H,5-6H2,(H,14,17)/t9-/m1/s1. The zero-order valence-corrected chi connectivity index (χ0v) is 9.50. The molecule has 0 aliphatic carbocycles. The number of esters is 1. The highest BCUT2D eigenvalue weighted by atomic mass is 16.5. The number of hydrogen-bond donors (Lipinski definition) is 1. The van der Waals surface area contributed by atoms with E-state index in [4.69, 9.17) is 4.74 Å². The number of carbonyl (C=O) groups excluding carboxylic acids is 2. The van der Waals surface area contributed by atoms with Crippen LogP contribution in [0, 0.1) is 0 Å². The number of hydrogen-bond acceptors (Lipinski definition) is 4. The van der Waals surface area contributed by atoms with Crippen LogP contribution < -0.4 is 5.32 Å². The number of rotatable bonds is 1. The molecule has 1 saturated heterocycles. The van der Waals surface area contributed by atoms with E-state index in [1.165, 1.54) is 10.9 Å². The van der Waals surface area contributed by atoms with Gasteiger partial charge in [-0.25, -0.2) is 14.6 Å². The van der Waals surface area contributed by atoms with Gasteiger partial charge in [-0.15, -0.1) is 0 Å². The van der Waals surface area contributed by atoms with Gasteiger partial charge in [-0.05, 0) is 12.1 Å². The molecule has 3 rings (SSSR count). The predicted octanol–water partition coefficient (Wildman–Crippen LogP) is 0.909. The average molecular weight is 245 g/mol. The molecule has 2 aromatic rings. The van der Waals surface area contributed by atoms with Crippen LogP contribution in [0.2, 0.25) is 0 Å². The van der Waals surface area contributed by atoms with E-state index in [-0.39, 0.29) is 12.0 Å². The van der Waals surface area contributed by atoms with Crippen LogP contribution in [0.25, 0.3) is 11.0 Å². The summed E-state index contributed by atoms with van der Waals surface area (Å²) in [6.45, 7) is 0.356.